The molecule has 1 amide bonds. The van der Waals surface area contributed by atoms with Crippen molar-refractivity contribution in [2.45, 2.75) is 20.8 Å². The van der Waals surface area contributed by atoms with E-state index in [1.54, 1.807) is 21.6 Å². The van der Waals surface area contributed by atoms with E-state index in [1.165, 1.54) is 6.33 Å². The van der Waals surface area contributed by atoms with Crippen LogP contribution in [-0.2, 0) is 0 Å². The second kappa shape index (κ2) is 7.07. The molecule has 0 unspecified atom stereocenters. The highest BCUT2D eigenvalue weighted by atomic mass is 16.1. The van der Waals surface area contributed by atoms with Crippen LogP contribution in [0.15, 0.2) is 55.0 Å². The Kier molecular flexibility index (Phi) is 4.44. The lowest BCUT2D eigenvalue weighted by atomic mass is 10.2. The van der Waals surface area contributed by atoms with Crippen LogP contribution in [0.25, 0.3) is 11.5 Å². The van der Waals surface area contributed by atoms with Crippen LogP contribution in [0.5, 0.6) is 0 Å². The van der Waals surface area contributed by atoms with Crippen LogP contribution in [0.1, 0.15) is 27.4 Å². The van der Waals surface area contributed by atoms with Crippen LogP contribution in [0.2, 0.25) is 0 Å². The molecule has 0 radical (unpaired) electrons. The molecule has 140 valence electrons. The number of benzene rings is 1. The zero-order valence-electron chi connectivity index (χ0n) is 15.8. The molecule has 0 aliphatic heterocycles. The maximum Gasteiger partial charge on any atom is 0.260 e. The molecule has 8 nitrogen and oxygen atoms in total. The maximum atomic E-state index is 12.8. The first kappa shape index (κ1) is 17.6. The standard InChI is InChI=1S/C20H19N7O/c1-13-9-14(2)26(25-13)19-10-18(21-12-22-19)24-20(28)17-11-23-27(15(17)3)16-7-5-4-6-8-16/h4-12H,1-3H3,(H,21,22,24,28). The number of para-hydroxylation sites is 1. The van der Waals surface area contributed by atoms with E-state index in [0.29, 0.717) is 17.2 Å². The van der Waals surface area contributed by atoms with E-state index in [9.17, 15) is 4.79 Å². The summed E-state index contributed by atoms with van der Waals surface area (Å²) in [4.78, 5) is 21.1. The Bertz CT molecular complexity index is 1140. The van der Waals surface area contributed by atoms with Crippen molar-refractivity contribution < 1.29 is 4.79 Å². The predicted octanol–water partition coefficient (Wildman–Crippen LogP) is 3.03. The summed E-state index contributed by atoms with van der Waals surface area (Å²) in [6.07, 6.45) is 2.96. The summed E-state index contributed by atoms with van der Waals surface area (Å²) >= 11 is 0. The number of carbonyl (C=O) groups is 1. The highest BCUT2D eigenvalue weighted by Crippen LogP contribution is 2.17. The van der Waals surface area contributed by atoms with Crippen molar-refractivity contribution in [3.05, 3.63) is 77.6 Å². The van der Waals surface area contributed by atoms with Crippen molar-refractivity contribution in [2.75, 3.05) is 5.32 Å². The number of hydrogen-bond donors (Lipinski definition) is 1. The Morgan fingerprint density at radius 3 is 2.50 bits per heavy atom. The smallest absolute Gasteiger partial charge is 0.260 e. The molecular weight excluding hydrogens is 354 g/mol. The van der Waals surface area contributed by atoms with E-state index >= 15 is 0 Å². The normalized spacial score (nSPS) is 10.8. The summed E-state index contributed by atoms with van der Waals surface area (Å²) in [7, 11) is 0. The fraction of sp³-hybridized carbons (Fsp3) is 0.150. The van der Waals surface area contributed by atoms with Gasteiger partial charge in [-0.25, -0.2) is 19.3 Å². The fourth-order valence-electron chi connectivity index (χ4n) is 3.04. The second-order valence-corrected chi connectivity index (χ2v) is 6.45. The zero-order valence-corrected chi connectivity index (χ0v) is 15.8. The second-order valence-electron chi connectivity index (χ2n) is 6.45. The van der Waals surface area contributed by atoms with Gasteiger partial charge >= 0.3 is 0 Å². The summed E-state index contributed by atoms with van der Waals surface area (Å²) in [5.74, 6) is 0.708. The summed E-state index contributed by atoms with van der Waals surface area (Å²) in [5.41, 5.74) is 3.97. The number of nitrogens with zero attached hydrogens (tertiary/aromatic N) is 6. The van der Waals surface area contributed by atoms with Gasteiger partial charge in [0.25, 0.3) is 5.91 Å². The minimum Gasteiger partial charge on any atom is -0.306 e. The molecule has 8 heteroatoms. The van der Waals surface area contributed by atoms with E-state index in [2.05, 4.69) is 25.5 Å². The lowest BCUT2D eigenvalue weighted by Gasteiger charge is -2.08. The average Bonchev–Trinajstić information content (AvgIpc) is 3.24. The van der Waals surface area contributed by atoms with Crippen molar-refractivity contribution in [1.29, 1.82) is 0 Å². The molecule has 0 fully saturated rings. The van der Waals surface area contributed by atoms with Gasteiger partial charge in [-0.2, -0.15) is 10.2 Å². The van der Waals surface area contributed by atoms with Crippen molar-refractivity contribution in [2.24, 2.45) is 0 Å². The first-order valence-electron chi connectivity index (χ1n) is 8.80. The van der Waals surface area contributed by atoms with Gasteiger partial charge in [0.05, 0.1) is 28.8 Å². The summed E-state index contributed by atoms with van der Waals surface area (Å²) < 4.78 is 3.45. The lowest BCUT2D eigenvalue weighted by Crippen LogP contribution is -2.15. The predicted molar refractivity (Wildman–Crippen MR) is 105 cm³/mol. The third-order valence-corrected chi connectivity index (χ3v) is 4.38. The topological polar surface area (TPSA) is 90.5 Å². The van der Waals surface area contributed by atoms with Crippen LogP contribution in [-0.4, -0.2) is 35.4 Å². The van der Waals surface area contributed by atoms with Gasteiger partial charge in [0.15, 0.2) is 5.82 Å². The SMILES string of the molecule is Cc1cc(C)n(-c2cc(NC(=O)c3cnn(-c4ccccc4)c3C)ncn2)n1. The van der Waals surface area contributed by atoms with Crippen molar-refractivity contribution in [3.8, 4) is 11.5 Å². The van der Waals surface area contributed by atoms with Crippen LogP contribution in [0, 0.1) is 20.8 Å². The van der Waals surface area contributed by atoms with Crippen LogP contribution in [0.3, 0.4) is 0 Å². The summed E-state index contributed by atoms with van der Waals surface area (Å²) in [5, 5.41) is 11.6. The Balaban J connectivity index is 1.59. The fourth-order valence-corrected chi connectivity index (χ4v) is 3.04. The number of aryl methyl sites for hydroxylation is 2. The first-order valence-corrected chi connectivity index (χ1v) is 8.80. The average molecular weight is 373 g/mol. The third-order valence-electron chi connectivity index (χ3n) is 4.38. The van der Waals surface area contributed by atoms with Crippen LogP contribution < -0.4 is 5.32 Å². The number of anilines is 1. The quantitative estimate of drug-likeness (QED) is 0.594. The molecule has 1 N–H and O–H groups in total. The Labute approximate surface area is 161 Å². The Morgan fingerprint density at radius 2 is 1.79 bits per heavy atom. The van der Waals surface area contributed by atoms with Gasteiger partial charge < -0.3 is 5.32 Å². The molecule has 0 aliphatic rings. The molecule has 3 aromatic heterocycles. The summed E-state index contributed by atoms with van der Waals surface area (Å²) in [6.45, 7) is 5.72. The third kappa shape index (κ3) is 3.27. The van der Waals surface area contributed by atoms with E-state index < -0.39 is 0 Å². The molecule has 3 heterocycles. The van der Waals surface area contributed by atoms with Gasteiger partial charge in [-0.3, -0.25) is 4.79 Å². The van der Waals surface area contributed by atoms with Gasteiger partial charge in [0.2, 0.25) is 0 Å². The van der Waals surface area contributed by atoms with E-state index in [0.717, 1.165) is 22.8 Å². The molecular formula is C20H19N7O. The van der Waals surface area contributed by atoms with Gasteiger partial charge in [-0.05, 0) is 39.0 Å². The molecule has 0 bridgehead atoms. The molecule has 0 spiro atoms. The molecule has 4 aromatic rings. The highest BCUT2D eigenvalue weighted by molar-refractivity contribution is 6.04. The van der Waals surface area contributed by atoms with E-state index in [1.807, 2.05) is 57.2 Å². The number of aromatic nitrogens is 6. The number of nitrogens with one attached hydrogen (secondary N) is 1. The molecule has 0 saturated heterocycles. The minimum atomic E-state index is -0.280. The molecule has 28 heavy (non-hydrogen) atoms. The van der Waals surface area contributed by atoms with Gasteiger partial charge in [-0.15, -0.1) is 0 Å². The lowest BCUT2D eigenvalue weighted by molar-refractivity contribution is 0.102. The van der Waals surface area contributed by atoms with Gasteiger partial charge in [0, 0.05) is 11.8 Å². The summed E-state index contributed by atoms with van der Waals surface area (Å²) in [6, 6.07) is 13.3. The van der Waals surface area contributed by atoms with Crippen molar-refractivity contribution in [1.82, 2.24) is 29.5 Å². The van der Waals surface area contributed by atoms with Crippen molar-refractivity contribution in [3.63, 3.8) is 0 Å². The van der Waals surface area contributed by atoms with Crippen molar-refractivity contribution >= 4 is 11.7 Å². The van der Waals surface area contributed by atoms with Gasteiger partial charge in [0.1, 0.15) is 12.1 Å². The number of rotatable bonds is 4. The molecule has 0 saturated carbocycles. The number of hydrogen-bond acceptors (Lipinski definition) is 5. The number of carbonyl (C=O) groups excluding carboxylic acids is 1. The van der Waals surface area contributed by atoms with Crippen LogP contribution >= 0.6 is 0 Å². The Hall–Kier alpha value is -3.81. The highest BCUT2D eigenvalue weighted by Gasteiger charge is 2.16. The minimum absolute atomic E-state index is 0.280. The molecule has 4 rings (SSSR count). The molecule has 0 aliphatic carbocycles. The van der Waals surface area contributed by atoms with E-state index in [-0.39, 0.29) is 5.91 Å². The first-order chi connectivity index (χ1) is 13.5. The van der Waals surface area contributed by atoms with Crippen LogP contribution in [0.4, 0.5) is 5.82 Å². The Morgan fingerprint density at radius 1 is 1.00 bits per heavy atom. The maximum absolute atomic E-state index is 12.8. The van der Waals surface area contributed by atoms with Gasteiger partial charge in [-0.1, -0.05) is 18.2 Å². The largest absolute Gasteiger partial charge is 0.306 e. The number of amides is 1. The monoisotopic (exact) mass is 373 g/mol. The molecule has 1 aromatic carbocycles. The zero-order chi connectivity index (χ0) is 19.7. The van der Waals surface area contributed by atoms with E-state index in [4.69, 9.17) is 0 Å². The molecule has 0 atom stereocenters.